The van der Waals surface area contributed by atoms with Crippen LogP contribution in [0, 0.1) is 0 Å². The zero-order valence-electron chi connectivity index (χ0n) is 11.1. The van der Waals surface area contributed by atoms with Crippen molar-refractivity contribution in [2.75, 3.05) is 39.3 Å². The molecule has 0 aliphatic carbocycles. The highest BCUT2D eigenvalue weighted by Crippen LogP contribution is 2.01. The molecule has 8 heteroatoms. The van der Waals surface area contributed by atoms with Crippen molar-refractivity contribution in [2.24, 2.45) is 5.73 Å². The Balaban J connectivity index is 2.29. The minimum Gasteiger partial charge on any atom is -0.368 e. The van der Waals surface area contributed by atoms with Crippen molar-refractivity contribution in [1.82, 2.24) is 20.9 Å². The number of nitrogens with one attached hydrogen (secondary N) is 3. The first kappa shape index (κ1) is 15.4. The van der Waals surface area contributed by atoms with E-state index in [0.29, 0.717) is 26.2 Å². The maximum absolute atomic E-state index is 11.7. The van der Waals surface area contributed by atoms with Crippen molar-refractivity contribution in [2.45, 2.75) is 13.0 Å². The molecule has 108 valence electrons. The van der Waals surface area contributed by atoms with Gasteiger partial charge in [0.15, 0.2) is 0 Å². The number of amides is 3. The highest BCUT2D eigenvalue weighted by atomic mass is 16.2. The van der Waals surface area contributed by atoms with Gasteiger partial charge in [0.25, 0.3) is 0 Å². The Labute approximate surface area is 112 Å². The normalized spacial score (nSPS) is 19.7. The molecule has 8 nitrogen and oxygen atoms in total. The molecule has 0 aromatic carbocycles. The Hall–Kier alpha value is -1.67. The quantitative estimate of drug-likeness (QED) is 0.384. The van der Waals surface area contributed by atoms with Gasteiger partial charge in [-0.3, -0.25) is 19.3 Å². The smallest absolute Gasteiger partial charge is 0.236 e. The van der Waals surface area contributed by atoms with Crippen molar-refractivity contribution in [3.05, 3.63) is 0 Å². The number of piperazine rings is 1. The molecule has 1 atom stereocenters. The van der Waals surface area contributed by atoms with E-state index in [1.54, 1.807) is 4.90 Å². The van der Waals surface area contributed by atoms with Crippen LogP contribution >= 0.6 is 0 Å². The molecule has 0 bridgehead atoms. The number of nitrogens with two attached hydrogens (primary N) is 1. The molecule has 1 fully saturated rings. The van der Waals surface area contributed by atoms with Crippen molar-refractivity contribution in [1.29, 1.82) is 0 Å². The van der Waals surface area contributed by atoms with Gasteiger partial charge < -0.3 is 21.7 Å². The molecule has 0 radical (unpaired) electrons. The van der Waals surface area contributed by atoms with Crippen LogP contribution in [0.4, 0.5) is 0 Å². The van der Waals surface area contributed by atoms with E-state index >= 15 is 0 Å². The SMILES string of the molecule is CC(=O)NCCNC(=O)CN1CCNCC1C(N)=O. The predicted octanol–water partition coefficient (Wildman–Crippen LogP) is -3.00. The van der Waals surface area contributed by atoms with Crippen molar-refractivity contribution < 1.29 is 14.4 Å². The lowest BCUT2D eigenvalue weighted by atomic mass is 10.2. The average molecular weight is 271 g/mol. The predicted molar refractivity (Wildman–Crippen MR) is 69.1 cm³/mol. The standard InChI is InChI=1S/C11H21N5O3/c1-8(17)14-2-3-15-10(18)7-16-5-4-13-6-9(16)11(12)19/h9,13H,2-7H2,1H3,(H2,12,19)(H,14,17)(H,15,18). The second kappa shape index (κ2) is 7.70. The van der Waals surface area contributed by atoms with Gasteiger partial charge in [0, 0.05) is 39.6 Å². The third-order valence-electron chi connectivity index (χ3n) is 2.85. The van der Waals surface area contributed by atoms with Gasteiger partial charge >= 0.3 is 0 Å². The lowest BCUT2D eigenvalue weighted by molar-refractivity contribution is -0.127. The van der Waals surface area contributed by atoms with E-state index in [1.807, 2.05) is 0 Å². The molecule has 1 rings (SSSR count). The Morgan fingerprint density at radius 3 is 2.63 bits per heavy atom. The Morgan fingerprint density at radius 1 is 1.32 bits per heavy atom. The topological polar surface area (TPSA) is 117 Å². The van der Waals surface area contributed by atoms with E-state index in [4.69, 9.17) is 5.73 Å². The first-order chi connectivity index (χ1) is 9.00. The third kappa shape index (κ3) is 5.66. The molecular formula is C11H21N5O3. The fraction of sp³-hybridized carbons (Fsp3) is 0.727. The summed E-state index contributed by atoms with van der Waals surface area (Å²) < 4.78 is 0. The van der Waals surface area contributed by atoms with E-state index in [2.05, 4.69) is 16.0 Å². The minimum absolute atomic E-state index is 0.134. The Bertz CT molecular complexity index is 347. The highest BCUT2D eigenvalue weighted by molar-refractivity contribution is 5.82. The van der Waals surface area contributed by atoms with Crippen LogP contribution in [0.2, 0.25) is 0 Å². The van der Waals surface area contributed by atoms with Crippen LogP contribution in [0.15, 0.2) is 0 Å². The van der Waals surface area contributed by atoms with Gasteiger partial charge in [-0.1, -0.05) is 0 Å². The number of carbonyl (C=O) groups excluding carboxylic acids is 3. The summed E-state index contributed by atoms with van der Waals surface area (Å²) in [7, 11) is 0. The molecule has 1 unspecified atom stereocenters. The van der Waals surface area contributed by atoms with Crippen molar-refractivity contribution >= 4 is 17.7 Å². The van der Waals surface area contributed by atoms with Crippen LogP contribution in [0.25, 0.3) is 0 Å². The first-order valence-corrected chi connectivity index (χ1v) is 6.26. The van der Waals surface area contributed by atoms with Crippen molar-refractivity contribution in [3.8, 4) is 0 Å². The second-order valence-electron chi connectivity index (χ2n) is 4.43. The van der Waals surface area contributed by atoms with Gasteiger partial charge in [-0.25, -0.2) is 0 Å². The Kier molecular flexibility index (Phi) is 6.23. The molecule has 1 aliphatic heterocycles. The van der Waals surface area contributed by atoms with E-state index in [1.165, 1.54) is 6.92 Å². The summed E-state index contributed by atoms with van der Waals surface area (Å²) in [5, 5.41) is 8.32. The number of nitrogens with zero attached hydrogens (tertiary/aromatic N) is 1. The summed E-state index contributed by atoms with van der Waals surface area (Å²) in [6.45, 7) is 4.10. The number of hydrogen-bond acceptors (Lipinski definition) is 5. The molecule has 5 N–H and O–H groups in total. The van der Waals surface area contributed by atoms with Gasteiger partial charge in [-0.2, -0.15) is 0 Å². The summed E-state index contributed by atoms with van der Waals surface area (Å²) in [5.41, 5.74) is 5.29. The molecule has 0 aromatic heterocycles. The Morgan fingerprint density at radius 2 is 2.00 bits per heavy atom. The van der Waals surface area contributed by atoms with Gasteiger partial charge in [0.1, 0.15) is 6.04 Å². The highest BCUT2D eigenvalue weighted by Gasteiger charge is 2.27. The summed E-state index contributed by atoms with van der Waals surface area (Å²) in [5.74, 6) is -0.748. The van der Waals surface area contributed by atoms with Crippen LogP contribution in [-0.4, -0.2) is 67.9 Å². The average Bonchev–Trinajstić information content (AvgIpc) is 2.35. The van der Waals surface area contributed by atoms with Gasteiger partial charge in [0.2, 0.25) is 17.7 Å². The molecule has 19 heavy (non-hydrogen) atoms. The van der Waals surface area contributed by atoms with Gasteiger partial charge in [-0.15, -0.1) is 0 Å². The molecule has 1 aliphatic rings. The minimum atomic E-state index is -0.449. The molecular weight excluding hydrogens is 250 g/mol. The number of hydrogen-bond donors (Lipinski definition) is 4. The summed E-state index contributed by atoms with van der Waals surface area (Å²) >= 11 is 0. The molecule has 0 spiro atoms. The molecule has 1 saturated heterocycles. The monoisotopic (exact) mass is 271 g/mol. The van der Waals surface area contributed by atoms with Crippen LogP contribution < -0.4 is 21.7 Å². The number of primary amides is 1. The summed E-state index contributed by atoms with van der Waals surface area (Å²) in [4.78, 5) is 35.3. The zero-order valence-corrected chi connectivity index (χ0v) is 11.1. The van der Waals surface area contributed by atoms with E-state index in [0.717, 1.165) is 6.54 Å². The van der Waals surface area contributed by atoms with E-state index in [-0.39, 0.29) is 18.4 Å². The molecule has 0 aromatic rings. The molecule has 1 heterocycles. The van der Waals surface area contributed by atoms with E-state index < -0.39 is 11.9 Å². The lowest BCUT2D eigenvalue weighted by Gasteiger charge is -2.33. The zero-order chi connectivity index (χ0) is 14.3. The number of carbonyl (C=O) groups is 3. The van der Waals surface area contributed by atoms with E-state index in [9.17, 15) is 14.4 Å². The van der Waals surface area contributed by atoms with Crippen LogP contribution in [0.1, 0.15) is 6.92 Å². The van der Waals surface area contributed by atoms with Gasteiger partial charge in [-0.05, 0) is 0 Å². The van der Waals surface area contributed by atoms with Crippen LogP contribution in [0.3, 0.4) is 0 Å². The largest absolute Gasteiger partial charge is 0.368 e. The van der Waals surface area contributed by atoms with Crippen LogP contribution in [-0.2, 0) is 14.4 Å². The summed E-state index contributed by atoms with van der Waals surface area (Å²) in [6, 6.07) is -0.449. The molecule has 3 amide bonds. The fourth-order valence-electron chi connectivity index (χ4n) is 1.90. The van der Waals surface area contributed by atoms with Gasteiger partial charge in [0.05, 0.1) is 6.54 Å². The maximum atomic E-state index is 11.7. The van der Waals surface area contributed by atoms with Crippen molar-refractivity contribution in [3.63, 3.8) is 0 Å². The maximum Gasteiger partial charge on any atom is 0.236 e. The number of rotatable bonds is 6. The summed E-state index contributed by atoms with van der Waals surface area (Å²) in [6.07, 6.45) is 0. The van der Waals surface area contributed by atoms with Crippen LogP contribution in [0.5, 0.6) is 0 Å². The third-order valence-corrected chi connectivity index (χ3v) is 2.85. The molecule has 0 saturated carbocycles. The first-order valence-electron chi connectivity index (χ1n) is 6.26. The fourth-order valence-corrected chi connectivity index (χ4v) is 1.90. The second-order valence-corrected chi connectivity index (χ2v) is 4.43. The lowest BCUT2D eigenvalue weighted by Crippen LogP contribution is -2.58.